The number of aryl methyl sites for hydroxylation is 1. The Morgan fingerprint density at radius 1 is 1.19 bits per heavy atom. The number of ether oxygens (including phenoxy) is 1. The molecule has 1 aromatic heterocycles. The standard InChI is InChI=1S/C19H17Cl2N3O3/c1-12-9-15(7-8-16(12)21)26-11-18(25)24(2)10-17-22-19(23-27-17)13-3-5-14(20)6-4-13/h3-9H,10-11H2,1-2H3. The van der Waals surface area contributed by atoms with Crippen LogP contribution in [0.2, 0.25) is 10.0 Å². The smallest absolute Gasteiger partial charge is 0.260 e. The molecule has 1 heterocycles. The van der Waals surface area contributed by atoms with Crippen molar-refractivity contribution in [2.24, 2.45) is 0 Å². The van der Waals surface area contributed by atoms with Crippen LogP contribution in [0.3, 0.4) is 0 Å². The van der Waals surface area contributed by atoms with Gasteiger partial charge < -0.3 is 14.2 Å². The fourth-order valence-electron chi connectivity index (χ4n) is 2.29. The Hall–Kier alpha value is -2.57. The molecule has 0 radical (unpaired) electrons. The van der Waals surface area contributed by atoms with E-state index in [0.717, 1.165) is 11.1 Å². The van der Waals surface area contributed by atoms with Crippen molar-refractivity contribution in [1.29, 1.82) is 0 Å². The van der Waals surface area contributed by atoms with Crippen LogP contribution in [0.25, 0.3) is 11.4 Å². The van der Waals surface area contributed by atoms with E-state index < -0.39 is 0 Å². The van der Waals surface area contributed by atoms with E-state index in [9.17, 15) is 4.79 Å². The van der Waals surface area contributed by atoms with Gasteiger partial charge in [0.05, 0.1) is 6.54 Å². The number of aromatic nitrogens is 2. The van der Waals surface area contributed by atoms with E-state index in [0.29, 0.717) is 27.5 Å². The average Bonchev–Trinajstić information content (AvgIpc) is 3.11. The SMILES string of the molecule is Cc1cc(OCC(=O)N(C)Cc2nc(-c3ccc(Cl)cc3)no2)ccc1Cl. The van der Waals surface area contributed by atoms with Gasteiger partial charge >= 0.3 is 0 Å². The van der Waals surface area contributed by atoms with Crippen molar-refractivity contribution in [3.8, 4) is 17.1 Å². The first-order valence-electron chi connectivity index (χ1n) is 8.14. The molecule has 0 bridgehead atoms. The van der Waals surface area contributed by atoms with Gasteiger partial charge in [-0.15, -0.1) is 0 Å². The van der Waals surface area contributed by atoms with Gasteiger partial charge in [-0.05, 0) is 55.0 Å². The largest absolute Gasteiger partial charge is 0.484 e. The monoisotopic (exact) mass is 405 g/mol. The average molecular weight is 406 g/mol. The van der Waals surface area contributed by atoms with E-state index in [1.54, 1.807) is 49.5 Å². The number of amides is 1. The summed E-state index contributed by atoms with van der Waals surface area (Å²) in [6.07, 6.45) is 0. The van der Waals surface area contributed by atoms with Crippen molar-refractivity contribution in [2.75, 3.05) is 13.7 Å². The zero-order chi connectivity index (χ0) is 19.4. The van der Waals surface area contributed by atoms with Crippen LogP contribution in [0.15, 0.2) is 47.0 Å². The van der Waals surface area contributed by atoms with Crippen LogP contribution in [-0.2, 0) is 11.3 Å². The van der Waals surface area contributed by atoms with E-state index in [1.165, 1.54) is 4.90 Å². The van der Waals surface area contributed by atoms with Gasteiger partial charge in [0.15, 0.2) is 6.61 Å². The maximum atomic E-state index is 12.3. The number of nitrogens with zero attached hydrogens (tertiary/aromatic N) is 3. The minimum atomic E-state index is -0.214. The number of carbonyl (C=O) groups is 1. The van der Waals surface area contributed by atoms with Crippen LogP contribution < -0.4 is 4.74 Å². The number of carbonyl (C=O) groups excluding carboxylic acids is 1. The maximum Gasteiger partial charge on any atom is 0.260 e. The van der Waals surface area contributed by atoms with E-state index in [2.05, 4.69) is 10.1 Å². The van der Waals surface area contributed by atoms with Gasteiger partial charge in [-0.3, -0.25) is 4.79 Å². The number of rotatable bonds is 6. The summed E-state index contributed by atoms with van der Waals surface area (Å²) >= 11 is 11.8. The lowest BCUT2D eigenvalue weighted by molar-refractivity contribution is -0.132. The fourth-order valence-corrected chi connectivity index (χ4v) is 2.53. The first-order chi connectivity index (χ1) is 12.9. The van der Waals surface area contributed by atoms with Crippen molar-refractivity contribution in [1.82, 2.24) is 15.0 Å². The van der Waals surface area contributed by atoms with Crippen molar-refractivity contribution < 1.29 is 14.1 Å². The van der Waals surface area contributed by atoms with Gasteiger partial charge in [-0.25, -0.2) is 0 Å². The highest BCUT2D eigenvalue weighted by Crippen LogP contribution is 2.21. The predicted molar refractivity (Wildman–Crippen MR) is 103 cm³/mol. The molecular weight excluding hydrogens is 389 g/mol. The van der Waals surface area contributed by atoms with Gasteiger partial charge in [0.2, 0.25) is 11.7 Å². The summed E-state index contributed by atoms with van der Waals surface area (Å²) in [4.78, 5) is 18.0. The molecule has 0 fully saturated rings. The Morgan fingerprint density at radius 2 is 1.93 bits per heavy atom. The van der Waals surface area contributed by atoms with Crippen molar-refractivity contribution in [2.45, 2.75) is 13.5 Å². The Kier molecular flexibility index (Phi) is 5.98. The van der Waals surface area contributed by atoms with Crippen LogP contribution >= 0.6 is 23.2 Å². The minimum Gasteiger partial charge on any atom is -0.484 e. The number of hydrogen-bond acceptors (Lipinski definition) is 5. The maximum absolute atomic E-state index is 12.3. The van der Waals surface area contributed by atoms with Crippen molar-refractivity contribution in [3.63, 3.8) is 0 Å². The molecule has 0 aliphatic heterocycles. The normalized spacial score (nSPS) is 10.7. The molecule has 0 aliphatic rings. The van der Waals surface area contributed by atoms with Gasteiger partial charge in [0, 0.05) is 22.7 Å². The molecule has 0 atom stereocenters. The van der Waals surface area contributed by atoms with E-state index in [1.807, 2.05) is 6.92 Å². The molecule has 3 rings (SSSR count). The topological polar surface area (TPSA) is 68.5 Å². The Balaban J connectivity index is 1.56. The fraction of sp³-hybridized carbons (Fsp3) is 0.211. The van der Waals surface area contributed by atoms with E-state index in [4.69, 9.17) is 32.5 Å². The van der Waals surface area contributed by atoms with Crippen LogP contribution in [0.5, 0.6) is 5.75 Å². The summed E-state index contributed by atoms with van der Waals surface area (Å²) in [5, 5.41) is 5.21. The zero-order valence-electron chi connectivity index (χ0n) is 14.8. The molecule has 0 unspecified atom stereocenters. The third kappa shape index (κ3) is 4.99. The van der Waals surface area contributed by atoms with E-state index in [-0.39, 0.29) is 19.1 Å². The lowest BCUT2D eigenvalue weighted by Crippen LogP contribution is -2.31. The molecule has 0 spiro atoms. The number of halogens is 2. The summed E-state index contributed by atoms with van der Waals surface area (Å²) in [6.45, 7) is 1.95. The van der Waals surface area contributed by atoms with Crippen LogP contribution in [-0.4, -0.2) is 34.6 Å². The molecule has 27 heavy (non-hydrogen) atoms. The molecule has 3 aromatic rings. The molecule has 0 saturated heterocycles. The van der Waals surface area contributed by atoms with Crippen molar-refractivity contribution in [3.05, 3.63) is 64.0 Å². The Bertz CT molecular complexity index is 942. The number of hydrogen-bond donors (Lipinski definition) is 0. The Morgan fingerprint density at radius 3 is 2.63 bits per heavy atom. The summed E-state index contributed by atoms with van der Waals surface area (Å²) < 4.78 is 10.7. The predicted octanol–water partition coefficient (Wildman–Crippen LogP) is 4.39. The van der Waals surface area contributed by atoms with Gasteiger partial charge in [0.1, 0.15) is 5.75 Å². The molecule has 8 heteroatoms. The first kappa shape index (κ1) is 19.2. The van der Waals surface area contributed by atoms with Gasteiger partial charge in [-0.2, -0.15) is 4.98 Å². The number of benzene rings is 2. The highest BCUT2D eigenvalue weighted by molar-refractivity contribution is 6.31. The lowest BCUT2D eigenvalue weighted by Gasteiger charge is -2.15. The summed E-state index contributed by atoms with van der Waals surface area (Å²) in [5.41, 5.74) is 1.67. The first-order valence-corrected chi connectivity index (χ1v) is 8.89. The second kappa shape index (κ2) is 8.41. The molecule has 1 amide bonds. The van der Waals surface area contributed by atoms with Crippen LogP contribution in [0.4, 0.5) is 0 Å². The molecular formula is C19H17Cl2N3O3. The van der Waals surface area contributed by atoms with Gasteiger partial charge in [0.25, 0.3) is 5.91 Å². The lowest BCUT2D eigenvalue weighted by atomic mass is 10.2. The van der Waals surface area contributed by atoms with E-state index >= 15 is 0 Å². The third-order valence-electron chi connectivity index (χ3n) is 3.86. The second-order valence-corrected chi connectivity index (χ2v) is 6.81. The zero-order valence-corrected chi connectivity index (χ0v) is 16.3. The minimum absolute atomic E-state index is 0.101. The molecule has 0 saturated carbocycles. The quantitative estimate of drug-likeness (QED) is 0.608. The van der Waals surface area contributed by atoms with Crippen molar-refractivity contribution >= 4 is 29.1 Å². The van der Waals surface area contributed by atoms with Crippen LogP contribution in [0, 0.1) is 6.92 Å². The molecule has 6 nitrogen and oxygen atoms in total. The molecule has 0 aliphatic carbocycles. The van der Waals surface area contributed by atoms with Crippen LogP contribution in [0.1, 0.15) is 11.5 Å². The molecule has 0 N–H and O–H groups in total. The summed E-state index contributed by atoms with van der Waals surface area (Å²) in [6, 6.07) is 12.3. The molecule has 2 aromatic carbocycles. The molecule has 140 valence electrons. The highest BCUT2D eigenvalue weighted by Gasteiger charge is 2.15. The summed E-state index contributed by atoms with van der Waals surface area (Å²) in [5.74, 6) is 1.14. The highest BCUT2D eigenvalue weighted by atomic mass is 35.5. The third-order valence-corrected chi connectivity index (χ3v) is 4.54. The number of likely N-dealkylation sites (N-methyl/N-ethyl adjacent to an activating group) is 1. The second-order valence-electron chi connectivity index (χ2n) is 5.97. The Labute approximate surface area is 166 Å². The van der Waals surface area contributed by atoms with Gasteiger partial charge in [-0.1, -0.05) is 28.4 Å². The summed E-state index contributed by atoms with van der Waals surface area (Å²) in [7, 11) is 1.64.